The minimum absolute atomic E-state index is 0.169. The summed E-state index contributed by atoms with van der Waals surface area (Å²) in [5.74, 6) is 0. The third-order valence-corrected chi connectivity index (χ3v) is 9.11. The maximum absolute atomic E-state index is 9.98. The van der Waals surface area contributed by atoms with Gasteiger partial charge in [0.25, 0.3) is 0 Å². The first-order chi connectivity index (χ1) is 33.2. The van der Waals surface area contributed by atoms with Crippen LogP contribution in [0.1, 0.15) is 26.0 Å². The third kappa shape index (κ3) is 4.12. The van der Waals surface area contributed by atoms with Crippen LogP contribution in [0.5, 0.6) is 0 Å². The van der Waals surface area contributed by atoms with Crippen molar-refractivity contribution < 1.29 is 30.5 Å². The summed E-state index contributed by atoms with van der Waals surface area (Å²) in [7, 11) is 0. The molecular formula is C48H30N2O. The van der Waals surface area contributed by atoms with Crippen LogP contribution in [0, 0.1) is 0 Å². The molecule has 3 heterocycles. The van der Waals surface area contributed by atoms with Crippen molar-refractivity contribution in [3.05, 3.63) is 182 Å². The second-order valence-electron chi connectivity index (χ2n) is 11.8. The first-order valence-corrected chi connectivity index (χ1v) is 15.9. The molecule has 3 nitrogen and oxygen atoms in total. The molecule has 11 aromatic rings. The zero-order valence-electron chi connectivity index (χ0n) is 45.2. The molecule has 3 aromatic heterocycles. The van der Waals surface area contributed by atoms with Crippen molar-refractivity contribution in [2.24, 2.45) is 0 Å². The highest BCUT2D eigenvalue weighted by molar-refractivity contribution is 6.17. The van der Waals surface area contributed by atoms with Gasteiger partial charge < -0.3 is 13.6 Å². The Bertz CT molecular complexity index is 4200. The molecule has 11 rings (SSSR count). The van der Waals surface area contributed by atoms with Crippen molar-refractivity contribution in [1.82, 2.24) is 9.13 Å². The lowest BCUT2D eigenvalue weighted by atomic mass is 10.0. The van der Waals surface area contributed by atoms with Crippen LogP contribution < -0.4 is 0 Å². The van der Waals surface area contributed by atoms with Crippen LogP contribution in [-0.4, -0.2) is 9.13 Å². The van der Waals surface area contributed by atoms with E-state index in [-0.39, 0.29) is 27.5 Å². The zero-order chi connectivity index (χ0) is 50.0. The summed E-state index contributed by atoms with van der Waals surface area (Å²) in [6.45, 7) is 0. The second kappa shape index (κ2) is 10.8. The van der Waals surface area contributed by atoms with Crippen molar-refractivity contribution in [3.63, 3.8) is 0 Å². The van der Waals surface area contributed by atoms with Crippen molar-refractivity contribution in [2.45, 2.75) is 0 Å². The Kier molecular flexibility index (Phi) is 3.26. The number of rotatable bonds is 4. The number of aromatic nitrogens is 2. The zero-order valence-corrected chi connectivity index (χ0v) is 26.2. The summed E-state index contributed by atoms with van der Waals surface area (Å²) in [6.07, 6.45) is 0. The predicted octanol–water partition coefficient (Wildman–Crippen LogP) is 13.1. The monoisotopic (exact) mass is 669 g/mol. The highest BCUT2D eigenvalue weighted by Crippen LogP contribution is 2.43. The second-order valence-corrected chi connectivity index (χ2v) is 11.8. The van der Waals surface area contributed by atoms with Crippen molar-refractivity contribution >= 4 is 65.6 Å². The van der Waals surface area contributed by atoms with E-state index in [1.165, 1.54) is 4.57 Å². The van der Waals surface area contributed by atoms with Crippen LogP contribution in [0.25, 0.3) is 99.2 Å². The summed E-state index contributed by atoms with van der Waals surface area (Å²) in [5, 5.41) is -0.273. The molecule has 0 N–H and O–H groups in total. The Morgan fingerprint density at radius 1 is 0.431 bits per heavy atom. The normalized spacial score (nSPS) is 17.1. The van der Waals surface area contributed by atoms with Gasteiger partial charge in [-0.2, -0.15) is 0 Å². The molecule has 8 aromatic carbocycles. The van der Waals surface area contributed by atoms with Crippen molar-refractivity contribution in [1.29, 1.82) is 0 Å². The van der Waals surface area contributed by atoms with E-state index < -0.39 is 153 Å². The highest BCUT2D eigenvalue weighted by atomic mass is 16.3. The van der Waals surface area contributed by atoms with Gasteiger partial charge in [-0.15, -0.1) is 0 Å². The first-order valence-electron chi connectivity index (χ1n) is 25.4. The molecule has 0 unspecified atom stereocenters. The predicted molar refractivity (Wildman–Crippen MR) is 213 cm³/mol. The number of hydrogen-bond donors (Lipinski definition) is 0. The molecule has 0 fully saturated rings. The van der Waals surface area contributed by atoms with Gasteiger partial charge in [0.2, 0.25) is 0 Å². The average molecular weight is 670 g/mol. The maximum Gasteiger partial charge on any atom is 0.145 e. The van der Waals surface area contributed by atoms with Crippen LogP contribution in [0.3, 0.4) is 0 Å². The van der Waals surface area contributed by atoms with E-state index in [0.717, 1.165) is 10.1 Å². The molecule has 0 aliphatic heterocycles. The van der Waals surface area contributed by atoms with Gasteiger partial charge in [-0.1, -0.05) is 121 Å². The molecule has 238 valence electrons. The average Bonchev–Trinajstić information content (AvgIpc) is 4.04. The first kappa shape index (κ1) is 15.4. The number of hydrogen-bond acceptors (Lipinski definition) is 1. The summed E-state index contributed by atoms with van der Waals surface area (Å²) in [5.41, 5.74) is -0.690. The summed E-state index contributed by atoms with van der Waals surface area (Å²) in [6, 6.07) is 5.77. The Labute approximate surface area is 320 Å². The Balaban J connectivity index is 1.34. The van der Waals surface area contributed by atoms with E-state index >= 15 is 0 Å². The van der Waals surface area contributed by atoms with Crippen LogP contribution in [-0.2, 0) is 0 Å². The summed E-state index contributed by atoms with van der Waals surface area (Å²) < 4.78 is 181. The van der Waals surface area contributed by atoms with Gasteiger partial charge >= 0.3 is 0 Å². The van der Waals surface area contributed by atoms with Gasteiger partial charge in [0.05, 0.1) is 59.2 Å². The van der Waals surface area contributed by atoms with Crippen LogP contribution >= 0.6 is 0 Å². The van der Waals surface area contributed by atoms with Crippen LogP contribution in [0.2, 0.25) is 0 Å². The largest absolute Gasteiger partial charge is 0.455 e. The lowest BCUT2D eigenvalue weighted by molar-refractivity contribution is 0.670. The fourth-order valence-corrected chi connectivity index (χ4v) is 6.94. The van der Waals surface area contributed by atoms with Crippen molar-refractivity contribution in [2.75, 3.05) is 0 Å². The molecule has 0 atom stereocenters. The van der Waals surface area contributed by atoms with Gasteiger partial charge in [0, 0.05) is 38.2 Å². The molecule has 0 aliphatic carbocycles. The molecule has 0 amide bonds. The molecule has 3 heteroatoms. The van der Waals surface area contributed by atoms with E-state index in [1.807, 2.05) is 30.3 Å². The van der Waals surface area contributed by atoms with Gasteiger partial charge in [-0.25, -0.2) is 0 Å². The minimum atomic E-state index is -0.838. The molecule has 51 heavy (non-hydrogen) atoms. The molecule has 0 saturated carbocycles. The quantitative estimate of drug-likeness (QED) is 0.183. The van der Waals surface area contributed by atoms with E-state index in [1.54, 1.807) is 36.4 Å². The van der Waals surface area contributed by atoms with Gasteiger partial charge in [-0.3, -0.25) is 0 Å². The van der Waals surface area contributed by atoms with E-state index in [2.05, 4.69) is 0 Å². The summed E-state index contributed by atoms with van der Waals surface area (Å²) in [4.78, 5) is 0. The molecule has 0 bridgehead atoms. The fourth-order valence-electron chi connectivity index (χ4n) is 6.94. The number of fused-ring (bicyclic) bond motifs is 9. The van der Waals surface area contributed by atoms with E-state index in [4.69, 9.17) is 19.5 Å². The topological polar surface area (TPSA) is 23.0 Å². The SMILES string of the molecule is [2H]c1c([2H])c([2H])c(-n2c3c([2H])c([2H])c([2H])c([2H])c3c3c([2H])c([2H])c(-c4c([2H])c([2H])c5c(c4[2H])c4c([2H])c([2H])c([2H])c([2H])c4n5-c4ccc(-c5ccccc5)c5oc6ccccc6c45)c([2H])c32)c([2H])c1[2H]. The molecule has 0 saturated heterocycles. The lowest BCUT2D eigenvalue weighted by Crippen LogP contribution is -1.95. The van der Waals surface area contributed by atoms with Gasteiger partial charge in [0.1, 0.15) is 11.2 Å². The van der Waals surface area contributed by atoms with Crippen LogP contribution in [0.15, 0.2) is 186 Å². The molecule has 0 radical (unpaired) electrons. The van der Waals surface area contributed by atoms with Crippen molar-refractivity contribution in [3.8, 4) is 33.6 Å². The number of furan rings is 1. The van der Waals surface area contributed by atoms with E-state index in [9.17, 15) is 11.0 Å². The molecular weight excluding hydrogens is 621 g/mol. The smallest absolute Gasteiger partial charge is 0.145 e. The molecule has 0 spiro atoms. The Morgan fingerprint density at radius 2 is 1.08 bits per heavy atom. The number of para-hydroxylation sites is 4. The highest BCUT2D eigenvalue weighted by Gasteiger charge is 2.21. The minimum Gasteiger partial charge on any atom is -0.455 e. The van der Waals surface area contributed by atoms with E-state index in [0.29, 0.717) is 27.5 Å². The maximum atomic E-state index is 9.98. The van der Waals surface area contributed by atoms with Gasteiger partial charge in [0.15, 0.2) is 0 Å². The standard InChI is InChI=1S/C48H30N2O/c1-3-13-31(14-4-1)35-26-28-44(47-39-19-9-12-22-46(39)51-48(35)47)50-42-21-11-8-18-37(42)40-29-32(24-27-43(40)50)33-23-25-38-36-17-7-10-20-41(36)49(45(38)30-33)34-15-5-2-6-16-34/h1-30H/i2D,5D,6D,7D,8D,10D,11D,15D,16D,17D,18D,20D,21D,23D,24D,25D,27D,29D,30D. The van der Waals surface area contributed by atoms with Crippen LogP contribution in [0.4, 0.5) is 0 Å². The lowest BCUT2D eigenvalue weighted by Gasteiger charge is -2.12. The Morgan fingerprint density at radius 3 is 1.92 bits per heavy atom. The number of nitrogens with zero attached hydrogens (tertiary/aromatic N) is 2. The molecule has 0 aliphatic rings. The van der Waals surface area contributed by atoms with Gasteiger partial charge in [-0.05, 0) is 77.2 Å². The fraction of sp³-hybridized carbons (Fsp3) is 0. The third-order valence-electron chi connectivity index (χ3n) is 9.11. The summed E-state index contributed by atoms with van der Waals surface area (Å²) >= 11 is 0. The Hall–Kier alpha value is -6.84. The number of benzene rings is 8.